The largest absolute Gasteiger partial charge is 0.414 e. The van der Waals surface area contributed by atoms with E-state index in [4.69, 9.17) is 10.5 Å². The van der Waals surface area contributed by atoms with Gasteiger partial charge < -0.3 is 10.5 Å². The number of hydrogen-bond donors (Lipinski definition) is 1. The minimum atomic E-state index is -4.31. The van der Waals surface area contributed by atoms with Gasteiger partial charge in [0.2, 0.25) is 0 Å². The van der Waals surface area contributed by atoms with Crippen LogP contribution in [0.15, 0.2) is 24.3 Å². The molecule has 1 aromatic rings. The molecule has 90 valence electrons. The maximum Gasteiger partial charge on any atom is 0.414 e. The Balaban J connectivity index is 2.48. The van der Waals surface area contributed by atoms with Crippen molar-refractivity contribution in [3.05, 3.63) is 35.4 Å². The molecule has 0 aromatic heterocycles. The van der Waals surface area contributed by atoms with Crippen LogP contribution < -0.4 is 5.73 Å². The Kier molecular flexibility index (Phi) is 4.32. The molecule has 0 radical (unpaired) electrons. The first-order chi connectivity index (χ1) is 7.43. The lowest BCUT2D eigenvalue weighted by Gasteiger charge is -2.16. The van der Waals surface area contributed by atoms with E-state index in [-0.39, 0.29) is 6.61 Å². The summed E-state index contributed by atoms with van der Waals surface area (Å²) in [5.74, 6) is 0. The minimum absolute atomic E-state index is 0.0501. The zero-order valence-electron chi connectivity index (χ0n) is 8.92. The molecule has 2 nitrogen and oxygen atoms in total. The fourth-order valence-corrected chi connectivity index (χ4v) is 1.09. The van der Waals surface area contributed by atoms with Gasteiger partial charge in [-0.05, 0) is 18.1 Å². The normalized spacial score (nSPS) is 13.8. The van der Waals surface area contributed by atoms with Crippen LogP contribution in [-0.2, 0) is 17.9 Å². The molecule has 1 atom stereocenters. The molecule has 0 aliphatic heterocycles. The fourth-order valence-electron chi connectivity index (χ4n) is 1.09. The van der Waals surface area contributed by atoms with Crippen LogP contribution >= 0.6 is 0 Å². The smallest absolute Gasteiger partial charge is 0.364 e. The summed E-state index contributed by atoms with van der Waals surface area (Å²) in [7, 11) is 0. The zero-order chi connectivity index (χ0) is 12.2. The van der Waals surface area contributed by atoms with E-state index < -0.39 is 12.3 Å². The molecule has 0 heterocycles. The van der Waals surface area contributed by atoms with Gasteiger partial charge in [0.1, 0.15) is 0 Å². The van der Waals surface area contributed by atoms with Crippen molar-refractivity contribution in [1.82, 2.24) is 0 Å². The maximum atomic E-state index is 12.1. The monoisotopic (exact) mass is 233 g/mol. The van der Waals surface area contributed by atoms with E-state index in [1.54, 1.807) is 24.3 Å². The van der Waals surface area contributed by atoms with E-state index in [9.17, 15) is 13.2 Å². The lowest BCUT2D eigenvalue weighted by molar-refractivity contribution is -0.217. The summed E-state index contributed by atoms with van der Waals surface area (Å²) in [6.45, 7) is 1.36. The molecule has 16 heavy (non-hydrogen) atoms. The standard InChI is InChI=1S/C11H14F3NO/c1-8(11(12,13)14)16-7-10-4-2-9(6-15)3-5-10/h2-5,8H,6-7,15H2,1H3. The van der Waals surface area contributed by atoms with E-state index >= 15 is 0 Å². The van der Waals surface area contributed by atoms with Crippen LogP contribution in [-0.4, -0.2) is 12.3 Å². The molecule has 0 amide bonds. The molecule has 1 unspecified atom stereocenters. The lowest BCUT2D eigenvalue weighted by Crippen LogP contribution is -2.28. The molecule has 1 aromatic carbocycles. The van der Waals surface area contributed by atoms with Crippen LogP contribution in [0.25, 0.3) is 0 Å². The SMILES string of the molecule is CC(OCc1ccc(CN)cc1)C(F)(F)F. The van der Waals surface area contributed by atoms with Crippen LogP contribution in [0.3, 0.4) is 0 Å². The highest BCUT2D eigenvalue weighted by molar-refractivity contribution is 5.21. The third kappa shape index (κ3) is 3.83. The van der Waals surface area contributed by atoms with E-state index in [1.165, 1.54) is 0 Å². The van der Waals surface area contributed by atoms with Gasteiger partial charge in [-0.2, -0.15) is 13.2 Å². The Bertz CT molecular complexity index is 321. The summed E-state index contributed by atoms with van der Waals surface area (Å²) in [6, 6.07) is 6.98. The van der Waals surface area contributed by atoms with Gasteiger partial charge in [-0.25, -0.2) is 0 Å². The van der Waals surface area contributed by atoms with Gasteiger partial charge in [-0.3, -0.25) is 0 Å². The van der Waals surface area contributed by atoms with Crippen LogP contribution in [0.4, 0.5) is 13.2 Å². The van der Waals surface area contributed by atoms with E-state index in [2.05, 4.69) is 0 Å². The van der Waals surface area contributed by atoms with E-state index in [0.29, 0.717) is 12.1 Å². The number of halogens is 3. The molecule has 0 fully saturated rings. The summed E-state index contributed by atoms with van der Waals surface area (Å²) in [4.78, 5) is 0. The summed E-state index contributed by atoms with van der Waals surface area (Å²) in [5.41, 5.74) is 7.04. The maximum absolute atomic E-state index is 12.1. The summed E-state index contributed by atoms with van der Waals surface area (Å²) < 4.78 is 41.1. The molecule has 0 spiro atoms. The first-order valence-electron chi connectivity index (χ1n) is 4.89. The van der Waals surface area contributed by atoms with Gasteiger partial charge in [0.25, 0.3) is 0 Å². The highest BCUT2D eigenvalue weighted by Crippen LogP contribution is 2.23. The second kappa shape index (κ2) is 5.32. The van der Waals surface area contributed by atoms with Crippen molar-refractivity contribution in [2.45, 2.75) is 32.4 Å². The predicted molar refractivity (Wildman–Crippen MR) is 54.6 cm³/mol. The molecular weight excluding hydrogens is 219 g/mol. The number of benzene rings is 1. The third-order valence-corrected chi connectivity index (χ3v) is 2.22. The van der Waals surface area contributed by atoms with Crippen LogP contribution in [0.5, 0.6) is 0 Å². The molecule has 5 heteroatoms. The first kappa shape index (κ1) is 13.0. The van der Waals surface area contributed by atoms with Crippen molar-refractivity contribution in [2.75, 3.05) is 0 Å². The molecule has 2 N–H and O–H groups in total. The topological polar surface area (TPSA) is 35.2 Å². The van der Waals surface area contributed by atoms with Gasteiger partial charge in [0, 0.05) is 6.54 Å². The van der Waals surface area contributed by atoms with Crippen molar-refractivity contribution in [2.24, 2.45) is 5.73 Å². The number of ether oxygens (including phenoxy) is 1. The number of rotatable bonds is 4. The Hall–Kier alpha value is -1.07. The van der Waals surface area contributed by atoms with Gasteiger partial charge in [0.15, 0.2) is 6.10 Å². The van der Waals surface area contributed by atoms with Crippen molar-refractivity contribution in [3.63, 3.8) is 0 Å². The van der Waals surface area contributed by atoms with E-state index in [0.717, 1.165) is 12.5 Å². The molecular formula is C11H14F3NO. The van der Waals surface area contributed by atoms with Crippen LogP contribution in [0.1, 0.15) is 18.1 Å². The summed E-state index contributed by atoms with van der Waals surface area (Å²) >= 11 is 0. The summed E-state index contributed by atoms with van der Waals surface area (Å²) in [6.07, 6.45) is -6.06. The Labute approximate surface area is 92.2 Å². The third-order valence-electron chi connectivity index (χ3n) is 2.22. The number of alkyl halides is 3. The fraction of sp³-hybridized carbons (Fsp3) is 0.455. The van der Waals surface area contributed by atoms with Crippen molar-refractivity contribution >= 4 is 0 Å². The second-order valence-electron chi connectivity index (χ2n) is 3.52. The Morgan fingerprint density at radius 1 is 1.19 bits per heavy atom. The quantitative estimate of drug-likeness (QED) is 0.867. The molecule has 0 bridgehead atoms. The van der Waals surface area contributed by atoms with Crippen LogP contribution in [0.2, 0.25) is 0 Å². The highest BCUT2D eigenvalue weighted by atomic mass is 19.4. The van der Waals surface area contributed by atoms with Crippen molar-refractivity contribution in [1.29, 1.82) is 0 Å². The summed E-state index contributed by atoms with van der Waals surface area (Å²) in [5, 5.41) is 0. The van der Waals surface area contributed by atoms with Gasteiger partial charge in [-0.15, -0.1) is 0 Å². The molecule has 0 aliphatic rings. The number of hydrogen-bond acceptors (Lipinski definition) is 2. The van der Waals surface area contributed by atoms with Crippen LogP contribution in [0, 0.1) is 0 Å². The average Bonchev–Trinajstić information content (AvgIpc) is 2.25. The molecule has 0 saturated carbocycles. The zero-order valence-corrected chi connectivity index (χ0v) is 8.92. The lowest BCUT2D eigenvalue weighted by atomic mass is 10.1. The molecule has 0 aliphatic carbocycles. The molecule has 1 rings (SSSR count). The average molecular weight is 233 g/mol. The molecule has 0 saturated heterocycles. The van der Waals surface area contributed by atoms with E-state index in [1.807, 2.05) is 0 Å². The Morgan fingerprint density at radius 3 is 2.12 bits per heavy atom. The number of nitrogens with two attached hydrogens (primary N) is 1. The Morgan fingerprint density at radius 2 is 1.69 bits per heavy atom. The second-order valence-corrected chi connectivity index (χ2v) is 3.52. The van der Waals surface area contributed by atoms with Gasteiger partial charge in [0.05, 0.1) is 6.61 Å². The van der Waals surface area contributed by atoms with Gasteiger partial charge in [-0.1, -0.05) is 24.3 Å². The van der Waals surface area contributed by atoms with Crippen molar-refractivity contribution < 1.29 is 17.9 Å². The van der Waals surface area contributed by atoms with Crippen molar-refractivity contribution in [3.8, 4) is 0 Å². The van der Waals surface area contributed by atoms with Gasteiger partial charge >= 0.3 is 6.18 Å². The highest BCUT2D eigenvalue weighted by Gasteiger charge is 2.36. The predicted octanol–water partition coefficient (Wildman–Crippen LogP) is 2.61. The minimum Gasteiger partial charge on any atom is -0.364 e. The first-order valence-corrected chi connectivity index (χ1v) is 4.89.